The Morgan fingerprint density at radius 1 is 1.14 bits per heavy atom. The van der Waals surface area contributed by atoms with Gasteiger partial charge in [-0.2, -0.15) is 13.2 Å². The van der Waals surface area contributed by atoms with E-state index in [0.29, 0.717) is 5.56 Å². The number of hydrogen-bond acceptors (Lipinski definition) is 0. The summed E-state index contributed by atoms with van der Waals surface area (Å²) in [5, 5.41) is -0.256. The van der Waals surface area contributed by atoms with Gasteiger partial charge in [0.05, 0.1) is 10.6 Å². The predicted molar refractivity (Wildman–Crippen MR) is 52.5 cm³/mol. The molecule has 0 bridgehead atoms. The highest BCUT2D eigenvalue weighted by Crippen LogP contribution is 2.34. The van der Waals surface area contributed by atoms with Gasteiger partial charge >= 0.3 is 6.18 Å². The van der Waals surface area contributed by atoms with E-state index in [2.05, 4.69) is 0 Å². The van der Waals surface area contributed by atoms with E-state index >= 15 is 0 Å². The number of rotatable bonds is 0. The molecule has 1 aromatic carbocycles. The van der Waals surface area contributed by atoms with Gasteiger partial charge in [-0.05, 0) is 19.1 Å². The Balaban J connectivity index is 0.000000791. The van der Waals surface area contributed by atoms with Crippen molar-refractivity contribution in [3.8, 4) is 0 Å². The summed E-state index contributed by atoms with van der Waals surface area (Å²) in [7, 11) is 0. The lowest BCUT2D eigenvalue weighted by molar-refractivity contribution is -0.137. The Labute approximate surface area is 86.7 Å². The first-order valence-corrected chi connectivity index (χ1v) is 4.62. The van der Waals surface area contributed by atoms with Gasteiger partial charge in [-0.3, -0.25) is 0 Å². The molecule has 0 spiro atoms. The van der Waals surface area contributed by atoms with Gasteiger partial charge in [0, 0.05) is 0 Å². The molecular formula is C10H12ClF3. The molecule has 0 saturated carbocycles. The molecule has 0 heterocycles. The fraction of sp³-hybridized carbons (Fsp3) is 0.400. The monoisotopic (exact) mass is 224 g/mol. The van der Waals surface area contributed by atoms with Crippen molar-refractivity contribution < 1.29 is 13.2 Å². The third kappa shape index (κ3) is 3.58. The molecule has 0 unspecified atom stereocenters. The van der Waals surface area contributed by atoms with E-state index < -0.39 is 11.7 Å². The molecule has 0 N–H and O–H groups in total. The van der Waals surface area contributed by atoms with Gasteiger partial charge in [0.25, 0.3) is 0 Å². The molecule has 0 aliphatic carbocycles. The lowest BCUT2D eigenvalue weighted by Gasteiger charge is -2.08. The van der Waals surface area contributed by atoms with Crippen molar-refractivity contribution in [2.45, 2.75) is 26.9 Å². The SMILES string of the molecule is CC.Cc1ccc(Cl)c(C(F)(F)F)c1. The first-order chi connectivity index (χ1) is 6.41. The molecule has 4 heteroatoms. The van der Waals surface area contributed by atoms with Crippen LogP contribution in [0.15, 0.2) is 18.2 Å². The highest BCUT2D eigenvalue weighted by Gasteiger charge is 2.32. The first kappa shape index (κ1) is 13.3. The summed E-state index contributed by atoms with van der Waals surface area (Å²) in [6.45, 7) is 5.59. The minimum absolute atomic E-state index is 0.256. The van der Waals surface area contributed by atoms with Crippen molar-refractivity contribution in [2.24, 2.45) is 0 Å². The lowest BCUT2D eigenvalue weighted by atomic mass is 10.1. The molecule has 1 rings (SSSR count). The fourth-order valence-electron chi connectivity index (χ4n) is 0.856. The molecule has 0 atom stereocenters. The van der Waals surface area contributed by atoms with Crippen LogP contribution in [-0.4, -0.2) is 0 Å². The zero-order chi connectivity index (χ0) is 11.4. The quantitative estimate of drug-likeness (QED) is 0.600. The second kappa shape index (κ2) is 5.25. The largest absolute Gasteiger partial charge is 0.417 e. The Morgan fingerprint density at radius 2 is 1.64 bits per heavy atom. The highest BCUT2D eigenvalue weighted by atomic mass is 35.5. The molecule has 1 aromatic rings. The minimum atomic E-state index is -4.36. The van der Waals surface area contributed by atoms with Gasteiger partial charge < -0.3 is 0 Å². The Morgan fingerprint density at radius 3 is 2.00 bits per heavy atom. The van der Waals surface area contributed by atoms with E-state index in [0.717, 1.165) is 6.07 Å². The summed E-state index contributed by atoms with van der Waals surface area (Å²) in [5.41, 5.74) is -0.226. The molecule has 0 aliphatic rings. The van der Waals surface area contributed by atoms with Gasteiger partial charge in [0.15, 0.2) is 0 Å². The average Bonchev–Trinajstić information content (AvgIpc) is 2.11. The van der Waals surface area contributed by atoms with E-state index in [1.165, 1.54) is 12.1 Å². The maximum atomic E-state index is 12.1. The van der Waals surface area contributed by atoms with Gasteiger partial charge in [0.1, 0.15) is 0 Å². The molecule has 80 valence electrons. The van der Waals surface area contributed by atoms with Gasteiger partial charge in [0.2, 0.25) is 0 Å². The van der Waals surface area contributed by atoms with Crippen LogP contribution in [0, 0.1) is 6.92 Å². The normalized spacial score (nSPS) is 10.5. The molecule has 0 aromatic heterocycles. The Kier molecular flexibility index (Phi) is 4.99. The van der Waals surface area contributed by atoms with Crippen LogP contribution in [0.5, 0.6) is 0 Å². The van der Waals surface area contributed by atoms with Gasteiger partial charge in [-0.25, -0.2) is 0 Å². The summed E-state index contributed by atoms with van der Waals surface area (Å²) in [6.07, 6.45) is -4.36. The molecular weight excluding hydrogens is 213 g/mol. The van der Waals surface area contributed by atoms with Crippen molar-refractivity contribution >= 4 is 11.6 Å². The van der Waals surface area contributed by atoms with Crippen LogP contribution in [0.2, 0.25) is 5.02 Å². The third-order valence-electron chi connectivity index (χ3n) is 1.43. The smallest absolute Gasteiger partial charge is 0.166 e. The van der Waals surface area contributed by atoms with Crippen molar-refractivity contribution in [2.75, 3.05) is 0 Å². The number of hydrogen-bond donors (Lipinski definition) is 0. The predicted octanol–water partition coefficient (Wildman–Crippen LogP) is 4.69. The maximum Gasteiger partial charge on any atom is 0.417 e. The van der Waals surface area contributed by atoms with E-state index in [1.54, 1.807) is 6.92 Å². The topological polar surface area (TPSA) is 0 Å². The number of aryl methyl sites for hydroxylation is 1. The molecule has 14 heavy (non-hydrogen) atoms. The second-order valence-corrected chi connectivity index (χ2v) is 2.89. The molecule has 0 nitrogen and oxygen atoms in total. The zero-order valence-corrected chi connectivity index (χ0v) is 9.00. The molecule has 0 aliphatic heterocycles. The first-order valence-electron chi connectivity index (χ1n) is 4.24. The van der Waals surface area contributed by atoms with Crippen LogP contribution >= 0.6 is 11.6 Å². The number of halogens is 4. The summed E-state index contributed by atoms with van der Waals surface area (Å²) in [6, 6.07) is 3.82. The van der Waals surface area contributed by atoms with Crippen LogP contribution < -0.4 is 0 Å². The maximum absolute atomic E-state index is 12.1. The Hall–Kier alpha value is -0.700. The molecule has 0 amide bonds. The summed E-state index contributed by atoms with van der Waals surface area (Å²) in [4.78, 5) is 0. The third-order valence-corrected chi connectivity index (χ3v) is 1.76. The molecule has 0 radical (unpaired) electrons. The second-order valence-electron chi connectivity index (χ2n) is 2.48. The highest BCUT2D eigenvalue weighted by molar-refractivity contribution is 6.31. The van der Waals surface area contributed by atoms with Crippen LogP contribution in [0.4, 0.5) is 13.2 Å². The van der Waals surface area contributed by atoms with E-state index in [4.69, 9.17) is 11.6 Å². The van der Waals surface area contributed by atoms with Crippen molar-refractivity contribution in [3.63, 3.8) is 0 Å². The van der Waals surface area contributed by atoms with Crippen molar-refractivity contribution in [3.05, 3.63) is 34.3 Å². The van der Waals surface area contributed by atoms with E-state index in [1.807, 2.05) is 13.8 Å². The molecule has 0 saturated heterocycles. The van der Waals surface area contributed by atoms with Crippen LogP contribution in [0.25, 0.3) is 0 Å². The molecule has 0 fully saturated rings. The summed E-state index contributed by atoms with van der Waals surface area (Å²) < 4.78 is 36.4. The lowest BCUT2D eigenvalue weighted by Crippen LogP contribution is -2.05. The van der Waals surface area contributed by atoms with Gasteiger partial charge in [-0.15, -0.1) is 0 Å². The van der Waals surface area contributed by atoms with Crippen LogP contribution in [0.3, 0.4) is 0 Å². The van der Waals surface area contributed by atoms with Crippen molar-refractivity contribution in [1.29, 1.82) is 0 Å². The fourth-order valence-corrected chi connectivity index (χ4v) is 1.08. The summed E-state index contributed by atoms with van der Waals surface area (Å²) >= 11 is 5.36. The zero-order valence-electron chi connectivity index (χ0n) is 8.24. The Bertz CT molecular complexity index is 292. The minimum Gasteiger partial charge on any atom is -0.166 e. The summed E-state index contributed by atoms with van der Waals surface area (Å²) in [5.74, 6) is 0. The van der Waals surface area contributed by atoms with E-state index in [-0.39, 0.29) is 5.02 Å². The van der Waals surface area contributed by atoms with Crippen LogP contribution in [-0.2, 0) is 6.18 Å². The van der Waals surface area contributed by atoms with Gasteiger partial charge in [-0.1, -0.05) is 37.1 Å². The average molecular weight is 225 g/mol. The standard InChI is InChI=1S/C8H6ClF3.C2H6/c1-5-2-3-7(9)6(4-5)8(10,11)12;1-2/h2-4H,1H3;1-2H3. The van der Waals surface area contributed by atoms with Crippen molar-refractivity contribution in [1.82, 2.24) is 0 Å². The number of benzene rings is 1. The number of alkyl halides is 3. The van der Waals surface area contributed by atoms with E-state index in [9.17, 15) is 13.2 Å². The van der Waals surface area contributed by atoms with Crippen LogP contribution in [0.1, 0.15) is 25.0 Å².